The van der Waals surface area contributed by atoms with Crippen molar-refractivity contribution < 1.29 is 14.4 Å². The first-order valence-corrected chi connectivity index (χ1v) is 8.58. The Kier molecular flexibility index (Phi) is 3.36. The van der Waals surface area contributed by atoms with Crippen LogP contribution >= 0.6 is 11.3 Å². The van der Waals surface area contributed by atoms with Crippen LogP contribution in [-0.4, -0.2) is 45.5 Å². The van der Waals surface area contributed by atoms with E-state index in [2.05, 4.69) is 15.5 Å². The third-order valence-electron chi connectivity index (χ3n) is 4.65. The molecule has 0 radical (unpaired) electrons. The summed E-state index contributed by atoms with van der Waals surface area (Å²) in [6.07, 6.45) is 0.417. The molecule has 25 heavy (non-hydrogen) atoms. The van der Waals surface area contributed by atoms with Crippen LogP contribution in [0.2, 0.25) is 0 Å². The SMILES string of the molecule is Cc1nnc(NC(=O)C23CCC(=O)N2c2ccccc2C(=O)N3C)s1. The zero-order chi connectivity index (χ0) is 17.8. The number of hydrogen-bond donors (Lipinski definition) is 1. The lowest BCUT2D eigenvalue weighted by molar-refractivity contribution is -0.128. The highest BCUT2D eigenvalue weighted by Gasteiger charge is 2.59. The van der Waals surface area contributed by atoms with E-state index in [1.54, 1.807) is 38.2 Å². The number of nitrogens with zero attached hydrogens (tertiary/aromatic N) is 4. The molecule has 3 amide bonds. The minimum absolute atomic E-state index is 0.185. The van der Waals surface area contributed by atoms with Crippen LogP contribution < -0.4 is 10.2 Å². The summed E-state index contributed by atoms with van der Waals surface area (Å²) in [5.74, 6) is -0.930. The molecule has 0 aliphatic carbocycles. The molecule has 1 aromatic carbocycles. The maximum atomic E-state index is 13.1. The van der Waals surface area contributed by atoms with Gasteiger partial charge in [0, 0.05) is 19.9 Å². The second-order valence-corrected chi connectivity index (χ2v) is 7.19. The fraction of sp³-hybridized carbons (Fsp3) is 0.312. The van der Waals surface area contributed by atoms with Crippen LogP contribution in [0.3, 0.4) is 0 Å². The van der Waals surface area contributed by atoms with Crippen LogP contribution in [-0.2, 0) is 9.59 Å². The highest BCUT2D eigenvalue weighted by Crippen LogP contribution is 2.44. The zero-order valence-electron chi connectivity index (χ0n) is 13.6. The van der Waals surface area contributed by atoms with Crippen molar-refractivity contribution in [3.8, 4) is 0 Å². The van der Waals surface area contributed by atoms with Crippen molar-refractivity contribution in [1.29, 1.82) is 0 Å². The smallest absolute Gasteiger partial charge is 0.273 e. The Bertz CT molecular complexity index is 911. The molecule has 1 atom stereocenters. The van der Waals surface area contributed by atoms with Gasteiger partial charge in [0.05, 0.1) is 11.3 Å². The van der Waals surface area contributed by atoms with E-state index in [4.69, 9.17) is 0 Å². The van der Waals surface area contributed by atoms with Gasteiger partial charge in [-0.05, 0) is 19.1 Å². The molecular weight excluding hydrogens is 342 g/mol. The third kappa shape index (κ3) is 2.08. The highest BCUT2D eigenvalue weighted by molar-refractivity contribution is 7.15. The van der Waals surface area contributed by atoms with Gasteiger partial charge in [-0.15, -0.1) is 10.2 Å². The van der Waals surface area contributed by atoms with Crippen LogP contribution in [0.15, 0.2) is 24.3 Å². The quantitative estimate of drug-likeness (QED) is 0.876. The molecular formula is C16H15N5O3S. The number of benzene rings is 1. The van der Waals surface area contributed by atoms with Crippen molar-refractivity contribution in [1.82, 2.24) is 15.1 Å². The average molecular weight is 357 g/mol. The molecule has 1 unspecified atom stereocenters. The van der Waals surface area contributed by atoms with Crippen molar-refractivity contribution in [3.63, 3.8) is 0 Å². The van der Waals surface area contributed by atoms with Crippen LogP contribution in [0.1, 0.15) is 28.2 Å². The Morgan fingerprint density at radius 2 is 2.04 bits per heavy atom. The molecule has 1 fully saturated rings. The van der Waals surface area contributed by atoms with Crippen molar-refractivity contribution in [2.75, 3.05) is 17.3 Å². The van der Waals surface area contributed by atoms with E-state index in [1.807, 2.05) is 0 Å². The number of para-hydroxylation sites is 1. The molecule has 2 aliphatic rings. The molecule has 1 saturated heterocycles. The van der Waals surface area contributed by atoms with Gasteiger partial charge in [0.1, 0.15) is 5.01 Å². The summed E-state index contributed by atoms with van der Waals surface area (Å²) < 4.78 is 0. The summed E-state index contributed by atoms with van der Waals surface area (Å²) in [7, 11) is 1.55. The van der Waals surface area contributed by atoms with E-state index in [0.29, 0.717) is 21.4 Å². The number of hydrogen-bond acceptors (Lipinski definition) is 6. The molecule has 2 aliphatic heterocycles. The number of likely N-dealkylation sites (N-methyl/N-ethyl adjacent to an activating group) is 1. The molecule has 0 bridgehead atoms. The summed E-state index contributed by atoms with van der Waals surface area (Å²) in [5, 5.41) is 11.5. The number of aryl methyl sites for hydroxylation is 1. The lowest BCUT2D eigenvalue weighted by Gasteiger charge is -2.47. The van der Waals surface area contributed by atoms with Crippen LogP contribution in [0, 0.1) is 6.92 Å². The van der Waals surface area contributed by atoms with Crippen molar-refractivity contribution >= 4 is 39.9 Å². The Balaban J connectivity index is 1.82. The largest absolute Gasteiger partial charge is 0.310 e. The Labute approximate surface area is 147 Å². The summed E-state index contributed by atoms with van der Waals surface area (Å²) in [4.78, 5) is 41.3. The van der Waals surface area contributed by atoms with Gasteiger partial charge in [0.2, 0.25) is 16.7 Å². The first-order valence-electron chi connectivity index (χ1n) is 7.77. The van der Waals surface area contributed by atoms with Crippen molar-refractivity contribution in [2.45, 2.75) is 25.4 Å². The molecule has 0 saturated carbocycles. The normalized spacial score (nSPS) is 22.0. The van der Waals surface area contributed by atoms with Crippen LogP contribution in [0.5, 0.6) is 0 Å². The molecule has 128 valence electrons. The zero-order valence-corrected chi connectivity index (χ0v) is 14.5. The molecule has 4 rings (SSSR count). The highest BCUT2D eigenvalue weighted by atomic mass is 32.1. The van der Waals surface area contributed by atoms with Gasteiger partial charge >= 0.3 is 0 Å². The second kappa shape index (κ2) is 5.35. The monoisotopic (exact) mass is 357 g/mol. The van der Waals surface area contributed by atoms with E-state index in [-0.39, 0.29) is 24.7 Å². The van der Waals surface area contributed by atoms with Gasteiger partial charge in [-0.1, -0.05) is 23.5 Å². The van der Waals surface area contributed by atoms with Gasteiger partial charge in [0.25, 0.3) is 11.8 Å². The van der Waals surface area contributed by atoms with Crippen molar-refractivity contribution in [3.05, 3.63) is 34.8 Å². The van der Waals surface area contributed by atoms with E-state index in [1.165, 1.54) is 21.1 Å². The topological polar surface area (TPSA) is 95.5 Å². The van der Waals surface area contributed by atoms with Gasteiger partial charge in [-0.25, -0.2) is 0 Å². The summed E-state index contributed by atoms with van der Waals surface area (Å²) in [6, 6.07) is 6.85. The molecule has 0 spiro atoms. The number of rotatable bonds is 2. The molecule has 2 aromatic rings. The van der Waals surface area contributed by atoms with E-state index < -0.39 is 11.6 Å². The number of aromatic nitrogens is 2. The van der Waals surface area contributed by atoms with Crippen LogP contribution in [0.4, 0.5) is 10.8 Å². The number of fused-ring (bicyclic) bond motifs is 3. The van der Waals surface area contributed by atoms with Crippen LogP contribution in [0.25, 0.3) is 0 Å². The Hall–Kier alpha value is -2.81. The third-order valence-corrected chi connectivity index (χ3v) is 5.41. The number of nitrogens with one attached hydrogen (secondary N) is 1. The maximum absolute atomic E-state index is 13.1. The van der Waals surface area contributed by atoms with E-state index >= 15 is 0 Å². The first kappa shape index (κ1) is 15.7. The average Bonchev–Trinajstić information content (AvgIpc) is 3.17. The van der Waals surface area contributed by atoms with Gasteiger partial charge in [0.15, 0.2) is 0 Å². The second-order valence-electron chi connectivity index (χ2n) is 6.01. The predicted molar refractivity (Wildman–Crippen MR) is 91.3 cm³/mol. The van der Waals surface area contributed by atoms with E-state index in [9.17, 15) is 14.4 Å². The predicted octanol–water partition coefficient (Wildman–Crippen LogP) is 1.39. The fourth-order valence-electron chi connectivity index (χ4n) is 3.47. The standard InChI is InChI=1S/C16H15N5O3S/c1-9-18-19-15(25-9)17-14(24)16-8-7-12(22)21(16)11-6-4-3-5-10(11)13(23)20(16)2/h3-6H,7-8H2,1-2H3,(H,17,19,24). The van der Waals surface area contributed by atoms with Gasteiger partial charge in [-0.3, -0.25) is 24.6 Å². The van der Waals surface area contributed by atoms with Gasteiger partial charge in [-0.2, -0.15) is 0 Å². The molecule has 3 heterocycles. The minimum Gasteiger partial charge on any atom is -0.310 e. The first-order chi connectivity index (χ1) is 11.9. The lowest BCUT2D eigenvalue weighted by Crippen LogP contribution is -2.68. The number of carbonyl (C=O) groups excluding carboxylic acids is 3. The Morgan fingerprint density at radius 1 is 1.28 bits per heavy atom. The minimum atomic E-state index is -1.39. The fourth-order valence-corrected chi connectivity index (χ4v) is 4.06. The van der Waals surface area contributed by atoms with Gasteiger partial charge < -0.3 is 4.90 Å². The lowest BCUT2D eigenvalue weighted by atomic mass is 9.96. The number of carbonyl (C=O) groups is 3. The molecule has 1 aromatic heterocycles. The summed E-state index contributed by atoms with van der Waals surface area (Å²) in [6.45, 7) is 1.78. The number of amides is 3. The van der Waals surface area contributed by atoms with E-state index in [0.717, 1.165) is 0 Å². The number of anilines is 2. The maximum Gasteiger partial charge on any atom is 0.273 e. The van der Waals surface area contributed by atoms with Crippen molar-refractivity contribution in [2.24, 2.45) is 0 Å². The molecule has 9 heteroatoms. The summed E-state index contributed by atoms with van der Waals surface area (Å²) in [5.41, 5.74) is -0.505. The Morgan fingerprint density at radius 3 is 2.76 bits per heavy atom. The molecule has 1 N–H and O–H groups in total. The summed E-state index contributed by atoms with van der Waals surface area (Å²) >= 11 is 1.24. The molecule has 8 nitrogen and oxygen atoms in total.